The summed E-state index contributed by atoms with van der Waals surface area (Å²) in [6, 6.07) is 0.251. The zero-order chi connectivity index (χ0) is 25.0. The van der Waals surface area contributed by atoms with Crippen LogP contribution in [-0.2, 0) is 16.1 Å². The predicted octanol–water partition coefficient (Wildman–Crippen LogP) is 2.36. The topological polar surface area (TPSA) is 102 Å². The smallest absolute Gasteiger partial charge is 0.233 e. The maximum atomic E-state index is 15.5. The first-order valence-electron chi connectivity index (χ1n) is 12.1. The van der Waals surface area contributed by atoms with E-state index in [1.54, 1.807) is 6.92 Å². The number of carbonyl (C=O) groups excluding carboxylic acids is 2. The molecule has 9 nitrogen and oxygen atoms in total. The van der Waals surface area contributed by atoms with Crippen LogP contribution in [-0.4, -0.2) is 77.2 Å². The average Bonchev–Trinajstić information content (AvgIpc) is 3.39. The van der Waals surface area contributed by atoms with Gasteiger partial charge in [0.15, 0.2) is 11.6 Å². The number of aromatic nitrogens is 2. The number of hydrogen-bond donors (Lipinski definition) is 2. The number of nitrogens with one attached hydrogen (secondary N) is 1. The third-order valence-electron chi connectivity index (χ3n) is 7.25. The Kier molecular flexibility index (Phi) is 8.46. The molecule has 1 saturated carbocycles. The molecule has 1 aromatic rings. The van der Waals surface area contributed by atoms with Crippen LogP contribution in [0.3, 0.4) is 0 Å². The number of hydrogen-bond acceptors (Lipinski definition) is 7. The second-order valence-corrected chi connectivity index (χ2v) is 10.7. The molecule has 2 N–H and O–H groups in total. The number of hydroxylamine groups is 2. The molecule has 1 saturated heterocycles. The Hall–Kier alpha value is -2.33. The fourth-order valence-corrected chi connectivity index (χ4v) is 5.57. The number of carbonyl (C=O) groups is 2. The van der Waals surface area contributed by atoms with Crippen molar-refractivity contribution in [2.75, 3.05) is 38.6 Å². The first-order chi connectivity index (χ1) is 16.0. The van der Waals surface area contributed by atoms with E-state index < -0.39 is 11.7 Å². The second kappa shape index (κ2) is 10.9. The Morgan fingerprint density at radius 3 is 2.59 bits per heavy atom. The fraction of sp³-hybridized carbons (Fsp3) is 0.750. The lowest BCUT2D eigenvalue weighted by molar-refractivity contribution is -0.155. The number of anilines is 1. The molecule has 2 atom stereocenters. The van der Waals surface area contributed by atoms with Crippen molar-refractivity contribution < 1.29 is 19.2 Å². The van der Waals surface area contributed by atoms with Gasteiger partial charge in [0.25, 0.3) is 0 Å². The third-order valence-corrected chi connectivity index (χ3v) is 7.25. The molecule has 0 spiro atoms. The highest BCUT2D eigenvalue weighted by molar-refractivity contribution is 5.79. The third kappa shape index (κ3) is 6.21. The minimum atomic E-state index is -0.566. The number of halogens is 1. The van der Waals surface area contributed by atoms with Crippen molar-refractivity contribution in [3.8, 4) is 0 Å². The summed E-state index contributed by atoms with van der Waals surface area (Å²) in [6.07, 6.45) is 5.23. The van der Waals surface area contributed by atoms with E-state index in [1.807, 2.05) is 19.0 Å². The molecule has 34 heavy (non-hydrogen) atoms. The van der Waals surface area contributed by atoms with Crippen molar-refractivity contribution in [2.24, 2.45) is 17.3 Å². The minimum Gasteiger partial charge on any atom is -0.352 e. The van der Waals surface area contributed by atoms with E-state index >= 15 is 4.39 Å². The van der Waals surface area contributed by atoms with Crippen molar-refractivity contribution in [3.05, 3.63) is 17.3 Å². The number of aryl methyl sites for hydroxylation is 1. The Morgan fingerprint density at radius 1 is 1.32 bits per heavy atom. The van der Waals surface area contributed by atoms with Crippen molar-refractivity contribution in [3.63, 3.8) is 0 Å². The van der Waals surface area contributed by atoms with Gasteiger partial charge in [-0.25, -0.2) is 19.4 Å². The summed E-state index contributed by atoms with van der Waals surface area (Å²) in [7, 11) is 4.05. The summed E-state index contributed by atoms with van der Waals surface area (Å²) in [5.74, 6) is -0.311. The first kappa shape index (κ1) is 26.3. The van der Waals surface area contributed by atoms with Crippen molar-refractivity contribution in [1.82, 2.24) is 25.2 Å². The van der Waals surface area contributed by atoms with E-state index in [9.17, 15) is 14.8 Å². The summed E-state index contributed by atoms with van der Waals surface area (Å²) in [5.41, 5.74) is 0.101. The molecule has 3 rings (SSSR count). The van der Waals surface area contributed by atoms with Gasteiger partial charge in [0, 0.05) is 19.1 Å². The summed E-state index contributed by atoms with van der Waals surface area (Å²) in [4.78, 5) is 36.6. The molecule has 1 unspecified atom stereocenters. The number of rotatable bonds is 10. The molecule has 2 heterocycles. The van der Waals surface area contributed by atoms with E-state index in [0.717, 1.165) is 25.7 Å². The molecule has 0 radical (unpaired) electrons. The molecule has 10 heteroatoms. The number of nitrogens with zero attached hydrogens (tertiary/aromatic N) is 5. The molecule has 1 aliphatic heterocycles. The van der Waals surface area contributed by atoms with Gasteiger partial charge in [0.05, 0.1) is 19.0 Å². The van der Waals surface area contributed by atoms with E-state index in [0.29, 0.717) is 42.7 Å². The molecule has 0 bridgehead atoms. The Bertz CT molecular complexity index is 875. The Morgan fingerprint density at radius 2 is 2.00 bits per heavy atom. The summed E-state index contributed by atoms with van der Waals surface area (Å²) >= 11 is 0. The van der Waals surface area contributed by atoms with Crippen LogP contribution in [0.2, 0.25) is 0 Å². The molecule has 2 aliphatic rings. The number of likely N-dealkylation sites (N-methyl/N-ethyl adjacent to an activating group) is 1. The molecule has 190 valence electrons. The zero-order valence-electron chi connectivity index (χ0n) is 21.1. The molecule has 2 fully saturated rings. The van der Waals surface area contributed by atoms with Crippen LogP contribution >= 0.6 is 0 Å². The maximum Gasteiger partial charge on any atom is 0.233 e. The van der Waals surface area contributed by atoms with Crippen molar-refractivity contribution >= 4 is 18.1 Å². The Balaban J connectivity index is 1.73. The normalized spacial score (nSPS) is 21.2. The van der Waals surface area contributed by atoms with Gasteiger partial charge in [-0.2, -0.15) is 0 Å². The van der Waals surface area contributed by atoms with Gasteiger partial charge >= 0.3 is 0 Å². The van der Waals surface area contributed by atoms with Gasteiger partial charge in [-0.1, -0.05) is 39.5 Å². The van der Waals surface area contributed by atoms with Crippen LogP contribution in [0.15, 0.2) is 0 Å². The first-order valence-corrected chi connectivity index (χ1v) is 12.1. The van der Waals surface area contributed by atoms with Crippen LogP contribution in [0.25, 0.3) is 0 Å². The van der Waals surface area contributed by atoms with Crippen LogP contribution in [0.4, 0.5) is 10.2 Å². The maximum absolute atomic E-state index is 15.5. The van der Waals surface area contributed by atoms with Gasteiger partial charge in [0.1, 0.15) is 11.5 Å². The monoisotopic (exact) mass is 478 g/mol. The lowest BCUT2D eigenvalue weighted by atomic mass is 9.87. The van der Waals surface area contributed by atoms with Gasteiger partial charge in [0.2, 0.25) is 12.3 Å². The van der Waals surface area contributed by atoms with E-state index in [-0.39, 0.29) is 42.0 Å². The van der Waals surface area contributed by atoms with E-state index in [2.05, 4.69) is 34.0 Å². The second-order valence-electron chi connectivity index (χ2n) is 10.7. The fourth-order valence-electron chi connectivity index (χ4n) is 5.57. The molecular formula is C24H39FN6O3. The van der Waals surface area contributed by atoms with Crippen LogP contribution in [0.5, 0.6) is 0 Å². The molecule has 2 amide bonds. The minimum absolute atomic E-state index is 0.0363. The Labute approximate surface area is 201 Å². The highest BCUT2D eigenvalue weighted by atomic mass is 19.1. The van der Waals surface area contributed by atoms with Crippen molar-refractivity contribution in [1.29, 1.82) is 0 Å². The van der Waals surface area contributed by atoms with Gasteiger partial charge in [-0.15, -0.1) is 0 Å². The van der Waals surface area contributed by atoms with Gasteiger partial charge in [-0.3, -0.25) is 14.8 Å². The lowest BCUT2D eigenvalue weighted by Gasteiger charge is -2.30. The van der Waals surface area contributed by atoms with Gasteiger partial charge in [-0.05, 0) is 38.8 Å². The van der Waals surface area contributed by atoms with Crippen LogP contribution < -0.4 is 10.2 Å². The highest BCUT2D eigenvalue weighted by Crippen LogP contribution is 2.36. The largest absolute Gasteiger partial charge is 0.352 e. The predicted molar refractivity (Wildman–Crippen MR) is 127 cm³/mol. The molecule has 1 aliphatic carbocycles. The van der Waals surface area contributed by atoms with Gasteiger partial charge < -0.3 is 15.1 Å². The summed E-state index contributed by atoms with van der Waals surface area (Å²) in [5, 5.41) is 13.0. The standard InChI is InChI=1S/C24H39FN6O3/c1-16-27-19(21(25)22(28-16)30-13-20(29(4)5)24(2,3)14-30)11-26-23(33)18(12-31(34)15-32)10-17-8-6-7-9-17/h15,17-18,20,34H,6-14H2,1-5H3,(H,26,33)/t18-,20?/m1/s1. The van der Waals surface area contributed by atoms with E-state index in [4.69, 9.17) is 0 Å². The SMILES string of the molecule is Cc1nc(CNC(=O)[C@H](CC2CCCC2)CN(O)C=O)c(F)c(N2CC(N(C)C)C(C)(C)C2)n1. The molecular weight excluding hydrogens is 439 g/mol. The lowest BCUT2D eigenvalue weighted by Crippen LogP contribution is -2.40. The zero-order valence-corrected chi connectivity index (χ0v) is 21.1. The molecule has 0 aromatic carbocycles. The summed E-state index contributed by atoms with van der Waals surface area (Å²) in [6.45, 7) is 7.20. The van der Waals surface area contributed by atoms with E-state index in [1.165, 1.54) is 0 Å². The van der Waals surface area contributed by atoms with Crippen molar-refractivity contribution in [2.45, 2.75) is 65.5 Å². The van der Waals surface area contributed by atoms with Crippen LogP contribution in [0.1, 0.15) is 57.5 Å². The molecule has 1 aromatic heterocycles. The number of amides is 2. The summed E-state index contributed by atoms with van der Waals surface area (Å²) < 4.78 is 15.5. The highest BCUT2D eigenvalue weighted by Gasteiger charge is 2.42. The average molecular weight is 479 g/mol. The quantitative estimate of drug-likeness (QED) is 0.302. The van der Waals surface area contributed by atoms with Crippen LogP contribution in [0, 0.1) is 30.0 Å².